The average molecular weight is 192 g/mol. The Bertz CT molecular complexity index is 465. The van der Waals surface area contributed by atoms with Gasteiger partial charge in [0.05, 0.1) is 19.0 Å². The third-order valence-corrected chi connectivity index (χ3v) is 1.65. The van der Waals surface area contributed by atoms with Crippen molar-refractivity contribution in [3.8, 4) is 0 Å². The standard InChI is InChI=1S/C8H8N4O2/c1-2-14-8(13)6-4-12-7(3-9-6)10-5-11-12/h3-5H,2H2,1H3. The van der Waals surface area contributed by atoms with Crippen LogP contribution in [0.2, 0.25) is 0 Å². The number of fused-ring (bicyclic) bond motifs is 1. The highest BCUT2D eigenvalue weighted by atomic mass is 16.5. The van der Waals surface area contributed by atoms with Gasteiger partial charge >= 0.3 is 5.97 Å². The minimum absolute atomic E-state index is 0.227. The molecule has 0 radical (unpaired) electrons. The Labute approximate surface area is 79.5 Å². The van der Waals surface area contributed by atoms with Crippen molar-refractivity contribution in [2.45, 2.75) is 6.92 Å². The molecule has 72 valence electrons. The van der Waals surface area contributed by atoms with Crippen LogP contribution in [0, 0.1) is 0 Å². The number of carbonyl (C=O) groups excluding carboxylic acids is 1. The van der Waals surface area contributed by atoms with Crippen molar-refractivity contribution in [1.82, 2.24) is 19.6 Å². The van der Waals surface area contributed by atoms with Crippen LogP contribution in [-0.2, 0) is 4.74 Å². The summed E-state index contributed by atoms with van der Waals surface area (Å²) in [6.45, 7) is 2.07. The van der Waals surface area contributed by atoms with Gasteiger partial charge in [-0.25, -0.2) is 19.3 Å². The lowest BCUT2D eigenvalue weighted by Gasteiger charge is -1.99. The second-order valence-corrected chi connectivity index (χ2v) is 2.56. The zero-order valence-corrected chi connectivity index (χ0v) is 7.54. The second kappa shape index (κ2) is 3.41. The molecular formula is C8H8N4O2. The summed E-state index contributed by atoms with van der Waals surface area (Å²) in [5.74, 6) is -0.454. The monoisotopic (exact) mass is 192 g/mol. The third kappa shape index (κ3) is 1.41. The molecule has 0 unspecified atom stereocenters. The summed E-state index contributed by atoms with van der Waals surface area (Å²) in [5, 5.41) is 3.88. The van der Waals surface area contributed by atoms with Crippen LogP contribution >= 0.6 is 0 Å². The molecule has 0 amide bonds. The highest BCUT2D eigenvalue weighted by Gasteiger charge is 2.09. The molecule has 2 heterocycles. The Morgan fingerprint density at radius 1 is 1.57 bits per heavy atom. The first-order valence-corrected chi connectivity index (χ1v) is 4.13. The predicted molar refractivity (Wildman–Crippen MR) is 46.7 cm³/mol. The Balaban J connectivity index is 2.38. The smallest absolute Gasteiger partial charge is 0.358 e. The number of esters is 1. The molecule has 0 atom stereocenters. The lowest BCUT2D eigenvalue weighted by Crippen LogP contribution is -2.08. The molecule has 2 rings (SSSR count). The second-order valence-electron chi connectivity index (χ2n) is 2.56. The maximum Gasteiger partial charge on any atom is 0.358 e. The molecule has 0 aliphatic carbocycles. The number of aromatic nitrogens is 4. The van der Waals surface area contributed by atoms with Gasteiger partial charge in [0.2, 0.25) is 0 Å². The fraction of sp³-hybridized carbons (Fsp3) is 0.250. The van der Waals surface area contributed by atoms with Gasteiger partial charge in [-0.05, 0) is 6.92 Å². The van der Waals surface area contributed by atoms with Gasteiger partial charge in [0.15, 0.2) is 11.3 Å². The maximum absolute atomic E-state index is 11.3. The summed E-state index contributed by atoms with van der Waals surface area (Å²) in [6.07, 6.45) is 4.35. The van der Waals surface area contributed by atoms with E-state index in [0.29, 0.717) is 12.3 Å². The van der Waals surface area contributed by atoms with Crippen LogP contribution < -0.4 is 0 Å². The molecule has 6 heteroatoms. The lowest BCUT2D eigenvalue weighted by molar-refractivity contribution is 0.0518. The first-order chi connectivity index (χ1) is 6.81. The highest BCUT2D eigenvalue weighted by Crippen LogP contribution is 2.00. The Hall–Kier alpha value is -1.98. The molecule has 0 bridgehead atoms. The van der Waals surface area contributed by atoms with Crippen LogP contribution in [0.4, 0.5) is 0 Å². The zero-order valence-electron chi connectivity index (χ0n) is 7.54. The fourth-order valence-electron chi connectivity index (χ4n) is 1.04. The normalized spacial score (nSPS) is 10.4. The number of carbonyl (C=O) groups is 1. The topological polar surface area (TPSA) is 69.4 Å². The molecule has 14 heavy (non-hydrogen) atoms. The van der Waals surface area contributed by atoms with Crippen LogP contribution in [0.1, 0.15) is 17.4 Å². The predicted octanol–water partition coefficient (Wildman–Crippen LogP) is 0.301. The Morgan fingerprint density at radius 2 is 2.43 bits per heavy atom. The highest BCUT2D eigenvalue weighted by molar-refractivity contribution is 5.86. The van der Waals surface area contributed by atoms with E-state index in [2.05, 4.69) is 15.1 Å². The van der Waals surface area contributed by atoms with Gasteiger partial charge in [-0.1, -0.05) is 0 Å². The van der Waals surface area contributed by atoms with E-state index in [1.807, 2.05) is 0 Å². The van der Waals surface area contributed by atoms with Gasteiger partial charge in [-0.3, -0.25) is 0 Å². The van der Waals surface area contributed by atoms with Crippen molar-refractivity contribution in [1.29, 1.82) is 0 Å². The van der Waals surface area contributed by atoms with Gasteiger partial charge in [-0.15, -0.1) is 0 Å². The van der Waals surface area contributed by atoms with E-state index in [9.17, 15) is 4.79 Å². The molecule has 0 saturated heterocycles. The summed E-state index contributed by atoms with van der Waals surface area (Å²) in [5.41, 5.74) is 0.822. The minimum Gasteiger partial charge on any atom is -0.461 e. The van der Waals surface area contributed by atoms with Crippen molar-refractivity contribution in [2.24, 2.45) is 0 Å². The fourth-order valence-corrected chi connectivity index (χ4v) is 1.04. The van der Waals surface area contributed by atoms with Crippen LogP contribution in [0.3, 0.4) is 0 Å². The molecule has 6 nitrogen and oxygen atoms in total. The molecule has 0 N–H and O–H groups in total. The summed E-state index contributed by atoms with van der Waals surface area (Å²) >= 11 is 0. The van der Waals surface area contributed by atoms with Gasteiger partial charge in [0, 0.05) is 0 Å². The first-order valence-electron chi connectivity index (χ1n) is 4.13. The SMILES string of the molecule is CCOC(=O)c1cn2ncnc2cn1. The number of hydrogen-bond donors (Lipinski definition) is 0. The molecule has 0 aliphatic heterocycles. The van der Waals surface area contributed by atoms with Gasteiger partial charge < -0.3 is 4.74 Å². The summed E-state index contributed by atoms with van der Waals surface area (Å²) < 4.78 is 6.26. The molecule has 2 aromatic heterocycles. The van der Waals surface area contributed by atoms with Crippen LogP contribution in [0.25, 0.3) is 5.65 Å². The lowest BCUT2D eigenvalue weighted by atomic mass is 10.4. The molecule has 0 aliphatic rings. The Kier molecular flexibility index (Phi) is 2.10. The van der Waals surface area contributed by atoms with E-state index in [1.165, 1.54) is 23.2 Å². The van der Waals surface area contributed by atoms with E-state index < -0.39 is 5.97 Å². The van der Waals surface area contributed by atoms with Gasteiger partial charge in [0.1, 0.15) is 6.33 Å². The number of nitrogens with zero attached hydrogens (tertiary/aromatic N) is 4. The van der Waals surface area contributed by atoms with E-state index in [-0.39, 0.29) is 5.69 Å². The summed E-state index contributed by atoms with van der Waals surface area (Å²) in [4.78, 5) is 19.1. The largest absolute Gasteiger partial charge is 0.461 e. The van der Waals surface area contributed by atoms with Crippen LogP contribution in [0.5, 0.6) is 0 Å². The Morgan fingerprint density at radius 3 is 3.21 bits per heavy atom. The molecular weight excluding hydrogens is 184 g/mol. The number of ether oxygens (including phenoxy) is 1. The molecule has 0 saturated carbocycles. The third-order valence-electron chi connectivity index (χ3n) is 1.65. The average Bonchev–Trinajstić information content (AvgIpc) is 2.64. The van der Waals surface area contributed by atoms with Crippen molar-refractivity contribution < 1.29 is 9.53 Å². The summed E-state index contributed by atoms with van der Waals surface area (Å²) in [6, 6.07) is 0. The quantitative estimate of drug-likeness (QED) is 0.640. The molecule has 0 fully saturated rings. The van der Waals surface area contributed by atoms with Crippen molar-refractivity contribution in [2.75, 3.05) is 6.61 Å². The van der Waals surface area contributed by atoms with E-state index >= 15 is 0 Å². The maximum atomic E-state index is 11.3. The van der Waals surface area contributed by atoms with E-state index in [4.69, 9.17) is 4.74 Å². The van der Waals surface area contributed by atoms with Gasteiger partial charge in [0.25, 0.3) is 0 Å². The number of hydrogen-bond acceptors (Lipinski definition) is 5. The molecule has 0 aromatic carbocycles. The first kappa shape index (κ1) is 8.61. The van der Waals surface area contributed by atoms with Crippen LogP contribution in [0.15, 0.2) is 18.7 Å². The van der Waals surface area contributed by atoms with Crippen molar-refractivity contribution >= 4 is 11.6 Å². The van der Waals surface area contributed by atoms with Crippen molar-refractivity contribution in [3.63, 3.8) is 0 Å². The summed E-state index contributed by atoms with van der Waals surface area (Å²) in [7, 11) is 0. The van der Waals surface area contributed by atoms with E-state index in [0.717, 1.165) is 0 Å². The molecule has 0 spiro atoms. The van der Waals surface area contributed by atoms with Gasteiger partial charge in [-0.2, -0.15) is 5.10 Å². The minimum atomic E-state index is -0.454. The number of rotatable bonds is 2. The van der Waals surface area contributed by atoms with Crippen LogP contribution in [-0.4, -0.2) is 32.2 Å². The zero-order chi connectivity index (χ0) is 9.97. The molecule has 2 aromatic rings. The van der Waals surface area contributed by atoms with E-state index in [1.54, 1.807) is 6.92 Å². The van der Waals surface area contributed by atoms with Crippen molar-refractivity contribution in [3.05, 3.63) is 24.4 Å².